The number of carbonyl (C=O) groups excluding carboxylic acids is 1. The highest BCUT2D eigenvalue weighted by Crippen LogP contribution is 2.38. The molecule has 2 aliphatic heterocycles. The largest absolute Gasteiger partial charge is 0.486 e. The SMILES string of the molecule is O=C(NC[C@H](c1cccs1)N1CCOCC1)c1cc(Cl)c2c(c1)OCCO2. The average Bonchev–Trinajstić information content (AvgIpc) is 3.23. The van der Waals surface area contributed by atoms with Crippen molar-refractivity contribution in [1.82, 2.24) is 10.2 Å². The lowest BCUT2D eigenvalue weighted by Gasteiger charge is -2.34. The standard InChI is InChI=1S/C19H21ClN2O4S/c20-14-10-13(11-16-18(14)26-8-7-25-16)19(23)21-12-15(17-2-1-9-27-17)22-3-5-24-6-4-22/h1-2,9-11,15H,3-8,12H2,(H,21,23)/t15-/m1/s1. The number of hydrogen-bond acceptors (Lipinski definition) is 6. The van der Waals surface area contributed by atoms with Crippen LogP contribution in [0.1, 0.15) is 21.3 Å². The van der Waals surface area contributed by atoms with Gasteiger partial charge in [0, 0.05) is 30.1 Å². The summed E-state index contributed by atoms with van der Waals surface area (Å²) in [4.78, 5) is 16.3. The van der Waals surface area contributed by atoms with Crippen LogP contribution < -0.4 is 14.8 Å². The predicted molar refractivity (Wildman–Crippen MR) is 104 cm³/mol. The van der Waals surface area contributed by atoms with Gasteiger partial charge < -0.3 is 19.5 Å². The summed E-state index contributed by atoms with van der Waals surface area (Å²) in [5.41, 5.74) is 0.469. The van der Waals surface area contributed by atoms with E-state index in [2.05, 4.69) is 21.7 Å². The smallest absolute Gasteiger partial charge is 0.251 e. The molecule has 1 atom stereocenters. The van der Waals surface area contributed by atoms with E-state index in [-0.39, 0.29) is 11.9 Å². The third-order valence-electron chi connectivity index (χ3n) is 4.67. The molecule has 4 rings (SSSR count). The van der Waals surface area contributed by atoms with Crippen molar-refractivity contribution in [3.8, 4) is 11.5 Å². The molecule has 0 aliphatic carbocycles. The molecule has 144 valence electrons. The number of hydrogen-bond donors (Lipinski definition) is 1. The molecule has 2 aliphatic rings. The number of carbonyl (C=O) groups is 1. The second kappa shape index (κ2) is 8.48. The first-order valence-corrected chi connectivity index (χ1v) is 10.2. The minimum absolute atomic E-state index is 0.130. The molecule has 1 saturated heterocycles. The van der Waals surface area contributed by atoms with Gasteiger partial charge in [-0.1, -0.05) is 17.7 Å². The van der Waals surface area contributed by atoms with Crippen molar-refractivity contribution in [3.05, 3.63) is 45.1 Å². The molecule has 2 aromatic rings. The minimum Gasteiger partial charge on any atom is -0.486 e. The maximum Gasteiger partial charge on any atom is 0.251 e. The molecule has 6 nitrogen and oxygen atoms in total. The number of morpholine rings is 1. The summed E-state index contributed by atoms with van der Waals surface area (Å²) in [7, 11) is 0. The predicted octanol–water partition coefficient (Wildman–Crippen LogP) is 2.98. The zero-order chi connectivity index (χ0) is 18.6. The molecule has 1 aromatic carbocycles. The van der Waals surface area contributed by atoms with E-state index in [1.807, 2.05) is 6.07 Å². The second-order valence-electron chi connectivity index (χ2n) is 6.37. The van der Waals surface area contributed by atoms with E-state index in [0.29, 0.717) is 55.1 Å². The van der Waals surface area contributed by atoms with Crippen molar-refractivity contribution < 1.29 is 19.0 Å². The van der Waals surface area contributed by atoms with Gasteiger partial charge in [-0.3, -0.25) is 9.69 Å². The average molecular weight is 409 g/mol. The third kappa shape index (κ3) is 4.21. The van der Waals surface area contributed by atoms with E-state index >= 15 is 0 Å². The second-order valence-corrected chi connectivity index (χ2v) is 7.76. The van der Waals surface area contributed by atoms with E-state index in [1.54, 1.807) is 23.5 Å². The van der Waals surface area contributed by atoms with E-state index in [4.69, 9.17) is 25.8 Å². The van der Waals surface area contributed by atoms with Crippen LogP contribution in [0.2, 0.25) is 5.02 Å². The Labute approximate surface area is 167 Å². The van der Waals surface area contributed by atoms with Crippen LogP contribution in [0.4, 0.5) is 0 Å². The topological polar surface area (TPSA) is 60.0 Å². The Kier molecular flexibility index (Phi) is 5.83. The molecule has 0 bridgehead atoms. The van der Waals surface area contributed by atoms with Gasteiger partial charge in [-0.25, -0.2) is 0 Å². The first kappa shape index (κ1) is 18.6. The quantitative estimate of drug-likeness (QED) is 0.824. The molecule has 1 amide bonds. The van der Waals surface area contributed by atoms with Gasteiger partial charge in [-0.15, -0.1) is 11.3 Å². The number of benzene rings is 1. The van der Waals surface area contributed by atoms with Gasteiger partial charge in [0.25, 0.3) is 5.91 Å². The van der Waals surface area contributed by atoms with Crippen LogP contribution in [0, 0.1) is 0 Å². The number of nitrogens with zero attached hydrogens (tertiary/aromatic N) is 1. The van der Waals surface area contributed by atoms with Crippen molar-refractivity contribution in [2.24, 2.45) is 0 Å². The molecule has 0 radical (unpaired) electrons. The fourth-order valence-electron chi connectivity index (χ4n) is 3.31. The van der Waals surface area contributed by atoms with Crippen LogP contribution in [0.5, 0.6) is 11.5 Å². The summed E-state index contributed by atoms with van der Waals surface area (Å²) in [5, 5.41) is 5.50. The molecule has 1 aromatic heterocycles. The minimum atomic E-state index is -0.177. The fraction of sp³-hybridized carbons (Fsp3) is 0.421. The number of thiophene rings is 1. The first-order chi connectivity index (χ1) is 13.2. The van der Waals surface area contributed by atoms with Crippen molar-refractivity contribution >= 4 is 28.8 Å². The normalized spacial score (nSPS) is 18.1. The van der Waals surface area contributed by atoms with Crippen molar-refractivity contribution in [2.45, 2.75) is 6.04 Å². The van der Waals surface area contributed by atoms with Crippen LogP contribution in [0.3, 0.4) is 0 Å². The number of halogens is 1. The summed E-state index contributed by atoms with van der Waals surface area (Å²) in [5.74, 6) is 0.842. The zero-order valence-corrected chi connectivity index (χ0v) is 16.4. The summed E-state index contributed by atoms with van der Waals surface area (Å²) in [6, 6.07) is 7.59. The van der Waals surface area contributed by atoms with Gasteiger partial charge in [0.05, 0.1) is 24.3 Å². The van der Waals surface area contributed by atoms with E-state index in [1.165, 1.54) is 4.88 Å². The lowest BCUT2D eigenvalue weighted by molar-refractivity contribution is 0.0169. The summed E-state index contributed by atoms with van der Waals surface area (Å²) in [6.45, 7) is 4.57. The van der Waals surface area contributed by atoms with Crippen molar-refractivity contribution in [1.29, 1.82) is 0 Å². The Morgan fingerprint density at radius 3 is 2.81 bits per heavy atom. The fourth-order valence-corrected chi connectivity index (χ4v) is 4.44. The van der Waals surface area contributed by atoms with Gasteiger partial charge in [-0.2, -0.15) is 0 Å². The Bertz CT molecular complexity index is 793. The summed E-state index contributed by atoms with van der Waals surface area (Å²) >= 11 is 7.95. The molecule has 3 heterocycles. The van der Waals surface area contributed by atoms with Gasteiger partial charge >= 0.3 is 0 Å². The van der Waals surface area contributed by atoms with Crippen LogP contribution >= 0.6 is 22.9 Å². The molecular formula is C19H21ClN2O4S. The highest BCUT2D eigenvalue weighted by atomic mass is 35.5. The zero-order valence-electron chi connectivity index (χ0n) is 14.8. The van der Waals surface area contributed by atoms with Crippen molar-refractivity contribution in [2.75, 3.05) is 46.1 Å². The Hall–Kier alpha value is -1.80. The van der Waals surface area contributed by atoms with Crippen LogP contribution in [0.15, 0.2) is 29.6 Å². The Balaban J connectivity index is 1.47. The lowest BCUT2D eigenvalue weighted by Crippen LogP contribution is -2.43. The van der Waals surface area contributed by atoms with Gasteiger partial charge in [0.1, 0.15) is 13.2 Å². The van der Waals surface area contributed by atoms with Crippen LogP contribution in [-0.4, -0.2) is 56.9 Å². The molecule has 1 N–H and O–H groups in total. The lowest BCUT2D eigenvalue weighted by atomic mass is 10.1. The molecule has 8 heteroatoms. The number of ether oxygens (including phenoxy) is 3. The first-order valence-electron chi connectivity index (χ1n) is 8.95. The molecular weight excluding hydrogens is 388 g/mol. The van der Waals surface area contributed by atoms with E-state index < -0.39 is 0 Å². The molecule has 0 saturated carbocycles. The number of fused-ring (bicyclic) bond motifs is 1. The molecule has 1 fully saturated rings. The number of nitrogens with one attached hydrogen (secondary N) is 1. The summed E-state index contributed by atoms with van der Waals surface area (Å²) < 4.78 is 16.5. The Morgan fingerprint density at radius 2 is 2.04 bits per heavy atom. The third-order valence-corrected chi connectivity index (χ3v) is 5.93. The maximum atomic E-state index is 12.7. The van der Waals surface area contributed by atoms with Crippen LogP contribution in [-0.2, 0) is 4.74 Å². The molecule has 27 heavy (non-hydrogen) atoms. The highest BCUT2D eigenvalue weighted by molar-refractivity contribution is 7.10. The Morgan fingerprint density at radius 1 is 1.22 bits per heavy atom. The molecule has 0 spiro atoms. The monoisotopic (exact) mass is 408 g/mol. The molecule has 0 unspecified atom stereocenters. The highest BCUT2D eigenvalue weighted by Gasteiger charge is 2.25. The maximum absolute atomic E-state index is 12.7. The van der Waals surface area contributed by atoms with E-state index in [9.17, 15) is 4.79 Å². The summed E-state index contributed by atoms with van der Waals surface area (Å²) in [6.07, 6.45) is 0. The van der Waals surface area contributed by atoms with Gasteiger partial charge in [-0.05, 0) is 23.6 Å². The van der Waals surface area contributed by atoms with Crippen LogP contribution in [0.25, 0.3) is 0 Å². The number of amides is 1. The van der Waals surface area contributed by atoms with Gasteiger partial charge in [0.15, 0.2) is 11.5 Å². The van der Waals surface area contributed by atoms with Gasteiger partial charge in [0.2, 0.25) is 0 Å². The van der Waals surface area contributed by atoms with E-state index in [0.717, 1.165) is 13.1 Å². The number of rotatable bonds is 5. The van der Waals surface area contributed by atoms with Crippen molar-refractivity contribution in [3.63, 3.8) is 0 Å².